The number of rotatable bonds is 6. The Labute approximate surface area is 118 Å². The standard InChI is InChI=1S/C13H19ClN4O/c1-4-6-18-8-10(7-15-18)19-9-12-13(14)11(5-2)16-17(12)3/h7-8H,4-6,9H2,1-3H3. The van der Waals surface area contributed by atoms with Crippen LogP contribution in [-0.4, -0.2) is 19.6 Å². The van der Waals surface area contributed by atoms with Crippen LogP contribution in [0.15, 0.2) is 12.4 Å². The summed E-state index contributed by atoms with van der Waals surface area (Å²) in [6, 6.07) is 0. The molecule has 2 rings (SSSR count). The highest BCUT2D eigenvalue weighted by Crippen LogP contribution is 2.22. The smallest absolute Gasteiger partial charge is 0.157 e. The van der Waals surface area contributed by atoms with Crippen LogP contribution in [0, 0.1) is 0 Å². The summed E-state index contributed by atoms with van der Waals surface area (Å²) in [5.74, 6) is 0.753. The third-order valence-corrected chi connectivity index (χ3v) is 3.38. The Morgan fingerprint density at radius 3 is 2.79 bits per heavy atom. The maximum absolute atomic E-state index is 6.27. The molecule has 0 spiro atoms. The van der Waals surface area contributed by atoms with E-state index in [2.05, 4.69) is 17.1 Å². The van der Waals surface area contributed by atoms with Crippen molar-refractivity contribution in [3.63, 3.8) is 0 Å². The summed E-state index contributed by atoms with van der Waals surface area (Å²) in [5.41, 5.74) is 1.80. The Morgan fingerprint density at radius 2 is 2.16 bits per heavy atom. The van der Waals surface area contributed by atoms with Crippen LogP contribution in [-0.2, 0) is 26.6 Å². The van der Waals surface area contributed by atoms with Crippen molar-refractivity contribution in [1.29, 1.82) is 0 Å². The van der Waals surface area contributed by atoms with E-state index in [-0.39, 0.29) is 0 Å². The second-order valence-corrected chi connectivity index (χ2v) is 4.79. The lowest BCUT2D eigenvalue weighted by atomic mass is 10.3. The average Bonchev–Trinajstić information content (AvgIpc) is 2.93. The first-order valence-electron chi connectivity index (χ1n) is 6.51. The van der Waals surface area contributed by atoms with Gasteiger partial charge in [0.15, 0.2) is 5.75 Å². The van der Waals surface area contributed by atoms with Crippen LogP contribution < -0.4 is 4.74 Å². The van der Waals surface area contributed by atoms with Crippen molar-refractivity contribution in [2.45, 2.75) is 39.8 Å². The third kappa shape index (κ3) is 3.10. The lowest BCUT2D eigenvalue weighted by Gasteiger charge is -2.04. The predicted octanol–water partition coefficient (Wildman–Crippen LogP) is 2.82. The number of hydrogen-bond donors (Lipinski definition) is 0. The largest absolute Gasteiger partial charge is 0.484 e. The van der Waals surface area contributed by atoms with Gasteiger partial charge in [-0.1, -0.05) is 25.4 Å². The van der Waals surface area contributed by atoms with Crippen LogP contribution in [0.3, 0.4) is 0 Å². The van der Waals surface area contributed by atoms with Gasteiger partial charge in [-0.25, -0.2) is 0 Å². The maximum atomic E-state index is 6.27. The van der Waals surface area contributed by atoms with Crippen LogP contribution in [0.4, 0.5) is 0 Å². The lowest BCUT2D eigenvalue weighted by molar-refractivity contribution is 0.294. The molecule has 0 unspecified atom stereocenters. The Hall–Kier alpha value is -1.49. The molecule has 6 heteroatoms. The van der Waals surface area contributed by atoms with Gasteiger partial charge in [0.05, 0.1) is 28.8 Å². The van der Waals surface area contributed by atoms with Crippen LogP contribution in [0.25, 0.3) is 0 Å². The van der Waals surface area contributed by atoms with Gasteiger partial charge in [0, 0.05) is 13.6 Å². The molecule has 19 heavy (non-hydrogen) atoms. The number of aryl methyl sites for hydroxylation is 3. The van der Waals surface area contributed by atoms with Crippen molar-refractivity contribution in [2.75, 3.05) is 0 Å². The zero-order valence-corrected chi connectivity index (χ0v) is 12.3. The number of aromatic nitrogens is 4. The van der Waals surface area contributed by atoms with Gasteiger partial charge in [0.25, 0.3) is 0 Å². The summed E-state index contributed by atoms with van der Waals surface area (Å²) in [5, 5.41) is 9.28. The molecule has 0 aliphatic heterocycles. The van der Waals surface area contributed by atoms with Crippen molar-refractivity contribution in [3.05, 3.63) is 28.8 Å². The molecule has 0 saturated carbocycles. The molecule has 0 aromatic carbocycles. The summed E-state index contributed by atoms with van der Waals surface area (Å²) >= 11 is 6.27. The molecule has 0 radical (unpaired) electrons. The SMILES string of the molecule is CCCn1cc(OCc2c(Cl)c(CC)nn2C)cn1. The van der Waals surface area contributed by atoms with Crippen molar-refractivity contribution >= 4 is 11.6 Å². The van der Waals surface area contributed by atoms with Gasteiger partial charge < -0.3 is 4.74 Å². The predicted molar refractivity (Wildman–Crippen MR) is 74.4 cm³/mol. The maximum Gasteiger partial charge on any atom is 0.157 e. The number of nitrogens with zero attached hydrogens (tertiary/aromatic N) is 4. The topological polar surface area (TPSA) is 44.9 Å². The summed E-state index contributed by atoms with van der Waals surface area (Å²) in [7, 11) is 1.88. The van der Waals surface area contributed by atoms with E-state index in [9.17, 15) is 0 Å². The molecule has 0 aliphatic rings. The molecule has 104 valence electrons. The molecule has 0 N–H and O–H groups in total. The van der Waals surface area contributed by atoms with Crippen LogP contribution in [0.2, 0.25) is 5.02 Å². The molecular weight excluding hydrogens is 264 g/mol. The summed E-state index contributed by atoms with van der Waals surface area (Å²) in [6.45, 7) is 5.45. The van der Waals surface area contributed by atoms with E-state index >= 15 is 0 Å². The monoisotopic (exact) mass is 282 g/mol. The Kier molecular flexibility index (Phi) is 4.47. The zero-order valence-electron chi connectivity index (χ0n) is 11.6. The third-order valence-electron chi connectivity index (χ3n) is 2.94. The molecule has 0 aliphatic carbocycles. The number of hydrogen-bond acceptors (Lipinski definition) is 3. The molecule has 2 aromatic rings. The molecule has 2 heterocycles. The molecule has 0 bridgehead atoms. The van der Waals surface area contributed by atoms with E-state index in [0.29, 0.717) is 11.6 Å². The average molecular weight is 283 g/mol. The van der Waals surface area contributed by atoms with Gasteiger partial charge in [-0.3, -0.25) is 9.36 Å². The van der Waals surface area contributed by atoms with Crippen molar-refractivity contribution in [3.8, 4) is 5.75 Å². The summed E-state index contributed by atoms with van der Waals surface area (Å²) in [6.07, 6.45) is 5.49. The van der Waals surface area contributed by atoms with Gasteiger partial charge in [-0.05, 0) is 12.8 Å². The van der Waals surface area contributed by atoms with Gasteiger partial charge in [0.2, 0.25) is 0 Å². The Bertz CT molecular complexity index is 547. The second kappa shape index (κ2) is 6.10. The zero-order chi connectivity index (χ0) is 13.8. The van der Waals surface area contributed by atoms with Crippen molar-refractivity contribution in [2.24, 2.45) is 7.05 Å². The van der Waals surface area contributed by atoms with E-state index in [1.807, 2.05) is 24.9 Å². The van der Waals surface area contributed by atoms with Crippen molar-refractivity contribution in [1.82, 2.24) is 19.6 Å². The van der Waals surface area contributed by atoms with E-state index in [4.69, 9.17) is 16.3 Å². The molecule has 0 fully saturated rings. The fraction of sp³-hybridized carbons (Fsp3) is 0.538. The normalized spacial score (nSPS) is 10.9. The second-order valence-electron chi connectivity index (χ2n) is 4.41. The Balaban J connectivity index is 2.03. The highest BCUT2D eigenvalue weighted by atomic mass is 35.5. The van der Waals surface area contributed by atoms with E-state index in [1.54, 1.807) is 10.9 Å². The fourth-order valence-electron chi connectivity index (χ4n) is 1.90. The van der Waals surface area contributed by atoms with Crippen LogP contribution >= 0.6 is 11.6 Å². The minimum absolute atomic E-state index is 0.403. The van der Waals surface area contributed by atoms with Crippen molar-refractivity contribution < 1.29 is 4.74 Å². The minimum atomic E-state index is 0.403. The van der Waals surface area contributed by atoms with E-state index < -0.39 is 0 Å². The quantitative estimate of drug-likeness (QED) is 0.818. The number of ether oxygens (including phenoxy) is 1. The highest BCUT2D eigenvalue weighted by molar-refractivity contribution is 6.31. The molecule has 0 saturated heterocycles. The minimum Gasteiger partial charge on any atom is -0.484 e. The Morgan fingerprint density at radius 1 is 1.37 bits per heavy atom. The lowest BCUT2D eigenvalue weighted by Crippen LogP contribution is -2.03. The van der Waals surface area contributed by atoms with E-state index in [0.717, 1.165) is 36.5 Å². The molecule has 0 amide bonds. The molecule has 0 atom stereocenters. The first kappa shape index (κ1) is 13.9. The van der Waals surface area contributed by atoms with Gasteiger partial charge >= 0.3 is 0 Å². The summed E-state index contributed by atoms with van der Waals surface area (Å²) < 4.78 is 9.36. The first-order chi connectivity index (χ1) is 9.15. The molecular formula is C13H19ClN4O. The van der Waals surface area contributed by atoms with Gasteiger partial charge in [0.1, 0.15) is 6.61 Å². The van der Waals surface area contributed by atoms with E-state index in [1.165, 1.54) is 0 Å². The van der Waals surface area contributed by atoms with Gasteiger partial charge in [-0.15, -0.1) is 0 Å². The molecule has 2 aromatic heterocycles. The van der Waals surface area contributed by atoms with Crippen LogP contribution in [0.5, 0.6) is 5.75 Å². The summed E-state index contributed by atoms with van der Waals surface area (Å²) in [4.78, 5) is 0. The fourth-order valence-corrected chi connectivity index (χ4v) is 2.25. The van der Waals surface area contributed by atoms with Crippen LogP contribution in [0.1, 0.15) is 31.7 Å². The molecule has 5 nitrogen and oxygen atoms in total. The highest BCUT2D eigenvalue weighted by Gasteiger charge is 2.13. The van der Waals surface area contributed by atoms with Gasteiger partial charge in [-0.2, -0.15) is 10.2 Å². The number of halogens is 1. The first-order valence-corrected chi connectivity index (χ1v) is 6.89.